The van der Waals surface area contributed by atoms with E-state index in [9.17, 15) is 4.79 Å². The Morgan fingerprint density at radius 2 is 1.88 bits per heavy atom. The van der Waals surface area contributed by atoms with E-state index in [1.807, 2.05) is 30.3 Å². The summed E-state index contributed by atoms with van der Waals surface area (Å²) in [6.07, 6.45) is 0. The van der Waals surface area contributed by atoms with Crippen LogP contribution in [-0.2, 0) is 9.53 Å². The Kier molecular flexibility index (Phi) is 5.50. The van der Waals surface area contributed by atoms with Crippen LogP contribution < -0.4 is 0 Å². The normalized spacial score (nSPS) is 12.8. The average molecular weight is 241 g/mol. The van der Waals surface area contributed by atoms with Crippen molar-refractivity contribution in [2.75, 3.05) is 13.2 Å². The predicted molar refractivity (Wildman–Crippen MR) is 65.7 cm³/mol. The second kappa shape index (κ2) is 6.66. The van der Waals surface area contributed by atoms with Gasteiger partial charge < -0.3 is 4.74 Å². The lowest BCUT2D eigenvalue weighted by atomic mass is 10.0. The van der Waals surface area contributed by atoms with Crippen LogP contribution in [0.5, 0.6) is 0 Å². The minimum absolute atomic E-state index is 0.352. The smallest absolute Gasteiger partial charge is 0.231 e. The molecule has 1 aromatic rings. The third-order valence-corrected chi connectivity index (χ3v) is 2.48. The van der Waals surface area contributed by atoms with Crippen LogP contribution in [0.1, 0.15) is 25.3 Å². The Balaban J connectivity index is 2.59. The van der Waals surface area contributed by atoms with Crippen LogP contribution in [0.3, 0.4) is 0 Å². The van der Waals surface area contributed by atoms with Gasteiger partial charge in [-0.1, -0.05) is 44.2 Å². The van der Waals surface area contributed by atoms with Crippen LogP contribution in [0.2, 0.25) is 0 Å². The third-order valence-electron chi connectivity index (χ3n) is 2.21. The predicted octanol–water partition coefficient (Wildman–Crippen LogP) is 3.21. The van der Waals surface area contributed by atoms with E-state index in [0.29, 0.717) is 19.1 Å². The summed E-state index contributed by atoms with van der Waals surface area (Å²) in [5.74, 6) is 0.100. The molecular formula is C13H17ClO2. The van der Waals surface area contributed by atoms with Crippen molar-refractivity contribution in [1.29, 1.82) is 0 Å². The molecule has 0 heterocycles. The lowest BCUT2D eigenvalue weighted by molar-refractivity contribution is -0.114. The highest BCUT2D eigenvalue weighted by Gasteiger charge is 2.18. The zero-order valence-electron chi connectivity index (χ0n) is 9.65. The summed E-state index contributed by atoms with van der Waals surface area (Å²) in [4.78, 5) is 11.3. The van der Waals surface area contributed by atoms with Gasteiger partial charge in [0.2, 0.25) is 5.24 Å². The lowest BCUT2D eigenvalue weighted by Gasteiger charge is -2.14. The van der Waals surface area contributed by atoms with E-state index in [-0.39, 0.29) is 11.2 Å². The minimum Gasteiger partial charge on any atom is -0.380 e. The summed E-state index contributed by atoms with van der Waals surface area (Å²) in [6.45, 7) is 5.14. The number of rotatable bonds is 6. The third kappa shape index (κ3) is 4.33. The van der Waals surface area contributed by atoms with Crippen molar-refractivity contribution in [1.82, 2.24) is 0 Å². The average Bonchev–Trinajstić information content (AvgIpc) is 2.25. The number of carbonyl (C=O) groups is 1. The molecule has 0 bridgehead atoms. The highest BCUT2D eigenvalue weighted by molar-refractivity contribution is 6.64. The van der Waals surface area contributed by atoms with Crippen molar-refractivity contribution < 1.29 is 9.53 Å². The molecule has 2 nitrogen and oxygen atoms in total. The van der Waals surface area contributed by atoms with Crippen molar-refractivity contribution in [3.05, 3.63) is 35.9 Å². The lowest BCUT2D eigenvalue weighted by Crippen LogP contribution is -2.16. The van der Waals surface area contributed by atoms with Crippen molar-refractivity contribution >= 4 is 16.8 Å². The minimum atomic E-state index is -0.366. The fourth-order valence-corrected chi connectivity index (χ4v) is 1.59. The van der Waals surface area contributed by atoms with Gasteiger partial charge in [-0.2, -0.15) is 0 Å². The van der Waals surface area contributed by atoms with Gasteiger partial charge in [-0.25, -0.2) is 0 Å². The molecule has 1 aromatic carbocycles. The van der Waals surface area contributed by atoms with Crippen molar-refractivity contribution in [2.45, 2.75) is 19.8 Å². The molecule has 0 aliphatic heterocycles. The zero-order valence-corrected chi connectivity index (χ0v) is 10.4. The topological polar surface area (TPSA) is 26.3 Å². The number of hydrogen-bond donors (Lipinski definition) is 0. The highest BCUT2D eigenvalue weighted by atomic mass is 35.5. The maximum absolute atomic E-state index is 11.3. The van der Waals surface area contributed by atoms with Crippen molar-refractivity contribution in [2.24, 2.45) is 5.92 Å². The molecule has 0 radical (unpaired) electrons. The first-order valence-electron chi connectivity index (χ1n) is 5.43. The molecule has 1 rings (SSSR count). The Labute approximate surface area is 102 Å². The van der Waals surface area contributed by atoms with Crippen LogP contribution >= 0.6 is 11.6 Å². The second-order valence-electron chi connectivity index (χ2n) is 4.20. The Bertz CT molecular complexity index is 322. The largest absolute Gasteiger partial charge is 0.380 e. The van der Waals surface area contributed by atoms with Gasteiger partial charge in [0.05, 0.1) is 12.5 Å². The second-order valence-corrected chi connectivity index (χ2v) is 4.57. The highest BCUT2D eigenvalue weighted by Crippen LogP contribution is 2.19. The first kappa shape index (κ1) is 13.2. The number of benzene rings is 1. The van der Waals surface area contributed by atoms with Crippen molar-refractivity contribution in [3.63, 3.8) is 0 Å². The molecule has 1 unspecified atom stereocenters. The van der Waals surface area contributed by atoms with Crippen LogP contribution in [0.15, 0.2) is 30.3 Å². The van der Waals surface area contributed by atoms with Gasteiger partial charge in [0.1, 0.15) is 0 Å². The molecule has 88 valence electrons. The van der Waals surface area contributed by atoms with Gasteiger partial charge >= 0.3 is 0 Å². The number of carbonyl (C=O) groups excluding carboxylic acids is 1. The molecule has 16 heavy (non-hydrogen) atoms. The fourth-order valence-electron chi connectivity index (χ4n) is 1.40. The fraction of sp³-hybridized carbons (Fsp3) is 0.462. The number of hydrogen-bond acceptors (Lipinski definition) is 2. The summed E-state index contributed by atoms with van der Waals surface area (Å²) in [6, 6.07) is 9.48. The molecule has 0 aliphatic rings. The Morgan fingerprint density at radius 3 is 2.38 bits per heavy atom. The molecule has 0 aromatic heterocycles. The monoisotopic (exact) mass is 240 g/mol. The molecule has 1 atom stereocenters. The van der Waals surface area contributed by atoms with Gasteiger partial charge in [-0.3, -0.25) is 4.79 Å². The standard InChI is InChI=1S/C13H17ClO2/c1-10(2)8-16-9-12(13(14)15)11-6-4-3-5-7-11/h3-7,10,12H,8-9H2,1-2H3. The molecule has 0 amide bonds. The maximum Gasteiger partial charge on any atom is 0.231 e. The van der Waals surface area contributed by atoms with Crippen LogP contribution in [0, 0.1) is 5.92 Å². The van der Waals surface area contributed by atoms with E-state index in [2.05, 4.69) is 13.8 Å². The van der Waals surface area contributed by atoms with E-state index in [1.165, 1.54) is 0 Å². The number of ether oxygens (including phenoxy) is 1. The summed E-state index contributed by atoms with van der Waals surface area (Å²) >= 11 is 5.57. The van der Waals surface area contributed by atoms with Gasteiger partial charge in [0.15, 0.2) is 0 Å². The Morgan fingerprint density at radius 1 is 1.25 bits per heavy atom. The quantitative estimate of drug-likeness (QED) is 0.714. The van der Waals surface area contributed by atoms with E-state index in [0.717, 1.165) is 5.56 Å². The molecule has 0 saturated carbocycles. The van der Waals surface area contributed by atoms with Crippen LogP contribution in [-0.4, -0.2) is 18.5 Å². The van der Waals surface area contributed by atoms with E-state index in [1.54, 1.807) is 0 Å². The summed E-state index contributed by atoms with van der Waals surface area (Å²) < 4.78 is 5.47. The van der Waals surface area contributed by atoms with Gasteiger partial charge in [-0.15, -0.1) is 0 Å². The Hall–Kier alpha value is -0.860. The van der Waals surface area contributed by atoms with E-state index in [4.69, 9.17) is 16.3 Å². The van der Waals surface area contributed by atoms with Crippen LogP contribution in [0.25, 0.3) is 0 Å². The molecule has 0 N–H and O–H groups in total. The molecule has 0 saturated heterocycles. The summed E-state index contributed by atoms with van der Waals surface area (Å²) in [7, 11) is 0. The molecule has 3 heteroatoms. The van der Waals surface area contributed by atoms with Crippen LogP contribution in [0.4, 0.5) is 0 Å². The number of halogens is 1. The van der Waals surface area contributed by atoms with Gasteiger partial charge in [0, 0.05) is 6.61 Å². The first-order valence-corrected chi connectivity index (χ1v) is 5.81. The molecule has 0 spiro atoms. The SMILES string of the molecule is CC(C)COCC(C(=O)Cl)c1ccccc1. The maximum atomic E-state index is 11.3. The molecule has 0 fully saturated rings. The van der Waals surface area contributed by atoms with Gasteiger partial charge in [0.25, 0.3) is 0 Å². The van der Waals surface area contributed by atoms with E-state index >= 15 is 0 Å². The molecule has 0 aliphatic carbocycles. The molecular weight excluding hydrogens is 224 g/mol. The zero-order chi connectivity index (χ0) is 12.0. The summed E-state index contributed by atoms with van der Waals surface area (Å²) in [5, 5.41) is -0.366. The summed E-state index contributed by atoms with van der Waals surface area (Å²) in [5.41, 5.74) is 0.909. The van der Waals surface area contributed by atoms with Gasteiger partial charge in [-0.05, 0) is 23.1 Å². The van der Waals surface area contributed by atoms with E-state index < -0.39 is 0 Å². The first-order chi connectivity index (χ1) is 7.61. The van der Waals surface area contributed by atoms with Crippen molar-refractivity contribution in [3.8, 4) is 0 Å².